The summed E-state index contributed by atoms with van der Waals surface area (Å²) in [4.78, 5) is 3.89. The molecule has 0 atom stereocenters. The maximum Gasteiger partial charge on any atom is 0.129 e. The molecule has 0 unspecified atom stereocenters. The lowest BCUT2D eigenvalue weighted by Crippen LogP contribution is -1.83. The Morgan fingerprint density at radius 3 is 3.00 bits per heavy atom. The third kappa shape index (κ3) is 1.99. The van der Waals surface area contributed by atoms with Crippen molar-refractivity contribution in [3.05, 3.63) is 29.0 Å². The van der Waals surface area contributed by atoms with E-state index in [2.05, 4.69) is 11.9 Å². The Kier molecular flexibility index (Phi) is 2.69. The van der Waals surface area contributed by atoms with Gasteiger partial charge in [-0.15, -0.1) is 0 Å². The van der Waals surface area contributed by atoms with Crippen LogP contribution in [0.5, 0.6) is 0 Å². The molecule has 1 aromatic heterocycles. The molecule has 0 N–H and O–H groups in total. The van der Waals surface area contributed by atoms with Crippen molar-refractivity contribution in [2.24, 2.45) is 0 Å². The van der Waals surface area contributed by atoms with Gasteiger partial charge >= 0.3 is 0 Å². The molecule has 2 heteroatoms. The molecule has 0 bridgehead atoms. The molecule has 54 valence electrons. The summed E-state index contributed by atoms with van der Waals surface area (Å²) >= 11 is 5.67. The Labute approximate surface area is 66.0 Å². The smallest absolute Gasteiger partial charge is 0.129 e. The van der Waals surface area contributed by atoms with Crippen molar-refractivity contribution < 1.29 is 0 Å². The van der Waals surface area contributed by atoms with Crippen molar-refractivity contribution in [3.8, 4) is 0 Å². The first-order chi connectivity index (χ1) is 4.83. The van der Waals surface area contributed by atoms with E-state index < -0.39 is 0 Å². The highest BCUT2D eigenvalue weighted by Crippen LogP contribution is 2.08. The van der Waals surface area contributed by atoms with E-state index in [1.807, 2.05) is 12.1 Å². The maximum atomic E-state index is 5.67. The molecule has 1 heterocycles. The molecule has 0 saturated carbocycles. The molecule has 0 amide bonds. The molecular formula is C8H10ClN. The Hall–Kier alpha value is -0.560. The summed E-state index contributed by atoms with van der Waals surface area (Å²) in [7, 11) is 0. The average Bonchev–Trinajstić information content (AvgIpc) is 1.88. The Bertz CT molecular complexity index is 210. The molecule has 0 aliphatic carbocycles. The Morgan fingerprint density at radius 2 is 2.40 bits per heavy atom. The molecule has 0 aromatic carbocycles. The number of aryl methyl sites for hydroxylation is 1. The quantitative estimate of drug-likeness (QED) is 0.599. The van der Waals surface area contributed by atoms with Crippen molar-refractivity contribution >= 4 is 11.6 Å². The summed E-state index contributed by atoms with van der Waals surface area (Å²) in [5.41, 5.74) is 1.27. The summed E-state index contributed by atoms with van der Waals surface area (Å²) in [6.45, 7) is 2.15. The molecule has 0 fully saturated rings. The summed E-state index contributed by atoms with van der Waals surface area (Å²) in [5, 5.41) is 0.589. The SMILES string of the molecule is CCCc1ccnc(Cl)c1. The molecule has 0 aliphatic rings. The fourth-order valence-electron chi connectivity index (χ4n) is 0.887. The fourth-order valence-corrected chi connectivity index (χ4v) is 1.08. The lowest BCUT2D eigenvalue weighted by Gasteiger charge is -1.96. The number of halogens is 1. The first-order valence-electron chi connectivity index (χ1n) is 3.43. The van der Waals surface area contributed by atoms with E-state index in [9.17, 15) is 0 Å². The number of hydrogen-bond acceptors (Lipinski definition) is 1. The van der Waals surface area contributed by atoms with Gasteiger partial charge in [0, 0.05) is 6.20 Å². The van der Waals surface area contributed by atoms with Crippen LogP contribution in [0.1, 0.15) is 18.9 Å². The van der Waals surface area contributed by atoms with Crippen molar-refractivity contribution in [2.45, 2.75) is 19.8 Å². The topological polar surface area (TPSA) is 12.9 Å². The summed E-state index contributed by atoms with van der Waals surface area (Å²) < 4.78 is 0. The van der Waals surface area contributed by atoms with Crippen LogP contribution in [0.3, 0.4) is 0 Å². The zero-order chi connectivity index (χ0) is 7.40. The lowest BCUT2D eigenvalue weighted by atomic mass is 10.2. The molecule has 0 aliphatic heterocycles. The molecule has 0 radical (unpaired) electrons. The predicted octanol–water partition coefficient (Wildman–Crippen LogP) is 2.69. The maximum absolute atomic E-state index is 5.67. The monoisotopic (exact) mass is 155 g/mol. The van der Waals surface area contributed by atoms with Crippen LogP contribution >= 0.6 is 11.6 Å². The highest BCUT2D eigenvalue weighted by molar-refractivity contribution is 6.29. The molecular weight excluding hydrogens is 146 g/mol. The first-order valence-corrected chi connectivity index (χ1v) is 3.81. The largest absolute Gasteiger partial charge is 0.245 e. The van der Waals surface area contributed by atoms with Gasteiger partial charge in [-0.2, -0.15) is 0 Å². The van der Waals surface area contributed by atoms with Gasteiger partial charge in [-0.25, -0.2) is 4.98 Å². The second-order valence-corrected chi connectivity index (χ2v) is 2.62. The van der Waals surface area contributed by atoms with E-state index in [0.717, 1.165) is 12.8 Å². The minimum atomic E-state index is 0.589. The van der Waals surface area contributed by atoms with Gasteiger partial charge < -0.3 is 0 Å². The number of rotatable bonds is 2. The van der Waals surface area contributed by atoms with E-state index >= 15 is 0 Å². The number of pyridine rings is 1. The molecule has 1 rings (SSSR count). The normalized spacial score (nSPS) is 9.80. The molecule has 1 nitrogen and oxygen atoms in total. The second kappa shape index (κ2) is 3.57. The van der Waals surface area contributed by atoms with E-state index in [1.165, 1.54) is 5.56 Å². The van der Waals surface area contributed by atoms with E-state index in [1.54, 1.807) is 6.20 Å². The number of hydrogen-bond donors (Lipinski definition) is 0. The number of aromatic nitrogens is 1. The van der Waals surface area contributed by atoms with Gasteiger partial charge in [-0.1, -0.05) is 24.9 Å². The minimum Gasteiger partial charge on any atom is -0.245 e. The number of nitrogens with zero attached hydrogens (tertiary/aromatic N) is 1. The lowest BCUT2D eigenvalue weighted by molar-refractivity contribution is 0.918. The van der Waals surface area contributed by atoms with E-state index in [-0.39, 0.29) is 0 Å². The van der Waals surface area contributed by atoms with Gasteiger partial charge in [0.25, 0.3) is 0 Å². The van der Waals surface area contributed by atoms with Gasteiger partial charge in [0.15, 0.2) is 0 Å². The highest BCUT2D eigenvalue weighted by Gasteiger charge is 1.91. The van der Waals surface area contributed by atoms with Crippen LogP contribution in [0.25, 0.3) is 0 Å². The van der Waals surface area contributed by atoms with Crippen LogP contribution in [0.2, 0.25) is 5.15 Å². The minimum absolute atomic E-state index is 0.589. The van der Waals surface area contributed by atoms with Gasteiger partial charge in [-0.3, -0.25) is 0 Å². The van der Waals surface area contributed by atoms with Crippen LogP contribution in [0, 0.1) is 0 Å². The van der Waals surface area contributed by atoms with Gasteiger partial charge in [0.2, 0.25) is 0 Å². The molecule has 0 saturated heterocycles. The Morgan fingerprint density at radius 1 is 1.60 bits per heavy atom. The highest BCUT2D eigenvalue weighted by atomic mass is 35.5. The molecule has 10 heavy (non-hydrogen) atoms. The third-order valence-electron chi connectivity index (χ3n) is 1.33. The predicted molar refractivity (Wildman–Crippen MR) is 43.2 cm³/mol. The van der Waals surface area contributed by atoms with E-state index in [0.29, 0.717) is 5.15 Å². The van der Waals surface area contributed by atoms with Crippen LogP contribution in [-0.4, -0.2) is 4.98 Å². The van der Waals surface area contributed by atoms with Gasteiger partial charge in [0.1, 0.15) is 5.15 Å². The average molecular weight is 156 g/mol. The summed E-state index contributed by atoms with van der Waals surface area (Å²) in [5.74, 6) is 0. The summed E-state index contributed by atoms with van der Waals surface area (Å²) in [6.07, 6.45) is 3.98. The van der Waals surface area contributed by atoms with Crippen LogP contribution in [0.4, 0.5) is 0 Å². The van der Waals surface area contributed by atoms with Crippen LogP contribution in [0.15, 0.2) is 18.3 Å². The zero-order valence-corrected chi connectivity index (χ0v) is 6.73. The van der Waals surface area contributed by atoms with Crippen molar-refractivity contribution in [1.82, 2.24) is 4.98 Å². The van der Waals surface area contributed by atoms with Crippen molar-refractivity contribution in [1.29, 1.82) is 0 Å². The standard InChI is InChI=1S/C8H10ClN/c1-2-3-7-4-5-10-8(9)6-7/h4-6H,2-3H2,1H3. The molecule has 0 spiro atoms. The molecule has 1 aromatic rings. The van der Waals surface area contributed by atoms with Crippen molar-refractivity contribution in [3.63, 3.8) is 0 Å². The Balaban J connectivity index is 2.75. The van der Waals surface area contributed by atoms with Gasteiger partial charge in [-0.05, 0) is 24.1 Å². The first kappa shape index (κ1) is 7.55. The third-order valence-corrected chi connectivity index (χ3v) is 1.54. The van der Waals surface area contributed by atoms with Crippen LogP contribution < -0.4 is 0 Å². The van der Waals surface area contributed by atoms with Crippen LogP contribution in [-0.2, 0) is 6.42 Å². The van der Waals surface area contributed by atoms with E-state index in [4.69, 9.17) is 11.6 Å². The zero-order valence-electron chi connectivity index (χ0n) is 5.97. The second-order valence-electron chi connectivity index (χ2n) is 2.24. The van der Waals surface area contributed by atoms with Crippen molar-refractivity contribution in [2.75, 3.05) is 0 Å². The van der Waals surface area contributed by atoms with Gasteiger partial charge in [0.05, 0.1) is 0 Å². The fraction of sp³-hybridized carbons (Fsp3) is 0.375. The summed E-state index contributed by atoms with van der Waals surface area (Å²) in [6, 6.07) is 3.90.